The first-order valence-electron chi connectivity index (χ1n) is 7.01. The fourth-order valence-electron chi connectivity index (χ4n) is 2.76. The van der Waals surface area contributed by atoms with E-state index in [4.69, 9.17) is 0 Å². The van der Waals surface area contributed by atoms with Crippen LogP contribution in [-0.4, -0.2) is 5.91 Å². The van der Waals surface area contributed by atoms with E-state index < -0.39 is 11.7 Å². The second kappa shape index (κ2) is 5.48. The molecule has 1 aliphatic rings. The van der Waals surface area contributed by atoms with Crippen LogP contribution in [-0.2, 0) is 12.6 Å². The van der Waals surface area contributed by atoms with Crippen molar-refractivity contribution in [3.8, 4) is 0 Å². The Balaban J connectivity index is 1.73. The molecule has 0 aliphatic heterocycles. The quantitative estimate of drug-likeness (QED) is 0.888. The van der Waals surface area contributed by atoms with Crippen molar-refractivity contribution in [1.82, 2.24) is 5.32 Å². The van der Waals surface area contributed by atoms with Crippen LogP contribution in [0.1, 0.15) is 39.5 Å². The number of benzene rings is 2. The van der Waals surface area contributed by atoms with Gasteiger partial charge in [0.1, 0.15) is 0 Å². The predicted molar refractivity (Wildman–Crippen MR) is 76.4 cm³/mol. The summed E-state index contributed by atoms with van der Waals surface area (Å²) in [6.45, 7) is 0. The van der Waals surface area contributed by atoms with Gasteiger partial charge in [0.25, 0.3) is 5.91 Å². The summed E-state index contributed by atoms with van der Waals surface area (Å²) >= 11 is 0. The van der Waals surface area contributed by atoms with Gasteiger partial charge in [0.05, 0.1) is 11.6 Å². The lowest BCUT2D eigenvalue weighted by Crippen LogP contribution is -2.27. The molecule has 0 spiro atoms. The zero-order valence-electron chi connectivity index (χ0n) is 11.7. The van der Waals surface area contributed by atoms with Crippen molar-refractivity contribution in [3.05, 3.63) is 70.8 Å². The van der Waals surface area contributed by atoms with Crippen LogP contribution in [0.4, 0.5) is 13.2 Å². The number of carbonyl (C=O) groups excluding carboxylic acids is 1. The highest BCUT2D eigenvalue weighted by molar-refractivity contribution is 5.94. The summed E-state index contributed by atoms with van der Waals surface area (Å²) in [6.07, 6.45) is -2.68. The Kier molecular flexibility index (Phi) is 3.64. The fourth-order valence-corrected chi connectivity index (χ4v) is 2.76. The normalized spacial score (nSPS) is 17.1. The predicted octanol–water partition coefficient (Wildman–Crippen LogP) is 4.12. The summed E-state index contributed by atoms with van der Waals surface area (Å²) < 4.78 is 37.5. The number of amides is 1. The van der Waals surface area contributed by atoms with Crippen molar-refractivity contribution >= 4 is 5.91 Å². The van der Waals surface area contributed by atoms with Gasteiger partial charge in [-0.25, -0.2) is 0 Å². The highest BCUT2D eigenvalue weighted by atomic mass is 19.4. The number of fused-ring (bicyclic) bond motifs is 1. The maximum atomic E-state index is 12.5. The molecular weight excluding hydrogens is 291 g/mol. The zero-order chi connectivity index (χ0) is 15.7. The number of hydrogen-bond donors (Lipinski definition) is 1. The highest BCUT2D eigenvalue weighted by Gasteiger charge is 2.30. The van der Waals surface area contributed by atoms with E-state index in [2.05, 4.69) is 5.32 Å². The van der Waals surface area contributed by atoms with E-state index in [0.29, 0.717) is 0 Å². The molecule has 0 heterocycles. The van der Waals surface area contributed by atoms with Crippen molar-refractivity contribution in [2.45, 2.75) is 25.1 Å². The monoisotopic (exact) mass is 305 g/mol. The van der Waals surface area contributed by atoms with E-state index in [0.717, 1.165) is 30.5 Å². The Morgan fingerprint density at radius 1 is 1.05 bits per heavy atom. The standard InChI is InChI=1S/C17H14F3NO/c18-17(19,20)13-8-5-12(6-9-13)16(22)21-15-10-7-11-3-1-2-4-14(11)15/h1-6,8-9,15H,7,10H2,(H,21,22). The SMILES string of the molecule is O=C(NC1CCc2ccccc21)c1ccc(C(F)(F)F)cc1. The molecule has 1 amide bonds. The van der Waals surface area contributed by atoms with Gasteiger partial charge in [-0.15, -0.1) is 0 Å². The van der Waals surface area contributed by atoms with Crippen LogP contribution in [0, 0.1) is 0 Å². The Hall–Kier alpha value is -2.30. The summed E-state index contributed by atoms with van der Waals surface area (Å²) in [5.41, 5.74) is 1.77. The number of carbonyl (C=O) groups is 1. The van der Waals surface area contributed by atoms with Crippen molar-refractivity contribution in [1.29, 1.82) is 0 Å². The minimum absolute atomic E-state index is 0.0778. The van der Waals surface area contributed by atoms with Gasteiger partial charge < -0.3 is 5.32 Å². The molecule has 2 aromatic carbocycles. The maximum Gasteiger partial charge on any atom is 0.416 e. The number of halogens is 3. The average molecular weight is 305 g/mol. The second-order valence-corrected chi connectivity index (χ2v) is 5.34. The first kappa shape index (κ1) is 14.6. The van der Waals surface area contributed by atoms with Crippen LogP contribution in [0.15, 0.2) is 48.5 Å². The lowest BCUT2D eigenvalue weighted by molar-refractivity contribution is -0.137. The van der Waals surface area contributed by atoms with Gasteiger partial charge in [-0.2, -0.15) is 13.2 Å². The molecule has 114 valence electrons. The van der Waals surface area contributed by atoms with E-state index in [1.807, 2.05) is 24.3 Å². The Morgan fingerprint density at radius 2 is 1.73 bits per heavy atom. The minimum atomic E-state index is -4.39. The molecule has 2 nitrogen and oxygen atoms in total. The van der Waals surface area contributed by atoms with Gasteiger partial charge >= 0.3 is 6.18 Å². The van der Waals surface area contributed by atoms with Crippen molar-refractivity contribution < 1.29 is 18.0 Å². The van der Waals surface area contributed by atoms with Gasteiger partial charge in [0, 0.05) is 5.56 Å². The minimum Gasteiger partial charge on any atom is -0.345 e. The largest absolute Gasteiger partial charge is 0.416 e. The van der Waals surface area contributed by atoms with Crippen LogP contribution >= 0.6 is 0 Å². The van der Waals surface area contributed by atoms with Crippen LogP contribution < -0.4 is 5.32 Å². The Morgan fingerprint density at radius 3 is 2.41 bits per heavy atom. The summed E-state index contributed by atoms with van der Waals surface area (Å²) in [5.74, 6) is -0.351. The van der Waals surface area contributed by atoms with Gasteiger partial charge in [0.15, 0.2) is 0 Å². The molecule has 2 aromatic rings. The number of alkyl halides is 3. The van der Waals surface area contributed by atoms with E-state index >= 15 is 0 Å². The lowest BCUT2D eigenvalue weighted by Gasteiger charge is -2.14. The number of rotatable bonds is 2. The molecule has 1 N–H and O–H groups in total. The van der Waals surface area contributed by atoms with Crippen molar-refractivity contribution in [2.24, 2.45) is 0 Å². The molecule has 3 rings (SSSR count). The molecule has 0 radical (unpaired) electrons. The molecular formula is C17H14F3NO. The molecule has 0 saturated carbocycles. The average Bonchev–Trinajstić information content (AvgIpc) is 2.90. The number of aryl methyl sites for hydroxylation is 1. The molecule has 1 aliphatic carbocycles. The molecule has 1 atom stereocenters. The zero-order valence-corrected chi connectivity index (χ0v) is 11.7. The summed E-state index contributed by atoms with van der Waals surface area (Å²) in [7, 11) is 0. The Bertz CT molecular complexity index is 692. The summed E-state index contributed by atoms with van der Waals surface area (Å²) in [6, 6.07) is 12.1. The van der Waals surface area contributed by atoms with Crippen LogP contribution in [0.5, 0.6) is 0 Å². The third-order valence-electron chi connectivity index (χ3n) is 3.91. The molecule has 0 aromatic heterocycles. The first-order valence-corrected chi connectivity index (χ1v) is 7.01. The van der Waals surface area contributed by atoms with Gasteiger partial charge in [-0.1, -0.05) is 24.3 Å². The number of hydrogen-bond acceptors (Lipinski definition) is 1. The third-order valence-corrected chi connectivity index (χ3v) is 3.91. The highest BCUT2D eigenvalue weighted by Crippen LogP contribution is 2.31. The molecule has 0 bridgehead atoms. The van der Waals surface area contributed by atoms with Crippen molar-refractivity contribution in [2.75, 3.05) is 0 Å². The third kappa shape index (κ3) is 2.84. The van der Waals surface area contributed by atoms with E-state index in [-0.39, 0.29) is 17.5 Å². The second-order valence-electron chi connectivity index (χ2n) is 5.34. The van der Waals surface area contributed by atoms with E-state index in [1.165, 1.54) is 17.7 Å². The molecule has 1 unspecified atom stereocenters. The first-order chi connectivity index (χ1) is 10.4. The summed E-state index contributed by atoms with van der Waals surface area (Å²) in [4.78, 5) is 12.2. The van der Waals surface area contributed by atoms with Gasteiger partial charge in [-0.3, -0.25) is 4.79 Å². The maximum absolute atomic E-state index is 12.5. The van der Waals surface area contributed by atoms with E-state index in [9.17, 15) is 18.0 Å². The smallest absolute Gasteiger partial charge is 0.345 e. The summed E-state index contributed by atoms with van der Waals surface area (Å²) in [5, 5.41) is 2.89. The molecule has 5 heteroatoms. The molecule has 0 fully saturated rings. The van der Waals surface area contributed by atoms with Crippen LogP contribution in [0.25, 0.3) is 0 Å². The number of nitrogens with one attached hydrogen (secondary N) is 1. The van der Waals surface area contributed by atoms with Crippen LogP contribution in [0.3, 0.4) is 0 Å². The molecule has 0 saturated heterocycles. The van der Waals surface area contributed by atoms with E-state index in [1.54, 1.807) is 0 Å². The lowest BCUT2D eigenvalue weighted by atomic mass is 10.1. The van der Waals surface area contributed by atoms with Gasteiger partial charge in [0.2, 0.25) is 0 Å². The van der Waals surface area contributed by atoms with Crippen LogP contribution in [0.2, 0.25) is 0 Å². The Labute approximate surface area is 126 Å². The van der Waals surface area contributed by atoms with Crippen molar-refractivity contribution in [3.63, 3.8) is 0 Å². The topological polar surface area (TPSA) is 29.1 Å². The molecule has 22 heavy (non-hydrogen) atoms. The fraction of sp³-hybridized carbons (Fsp3) is 0.235. The van der Waals surface area contributed by atoms with Gasteiger partial charge in [-0.05, 0) is 48.2 Å².